The number of rotatable bonds is 6. The molecule has 1 heterocycles. The smallest absolute Gasteiger partial charge is 0.191 e. The quantitative estimate of drug-likeness (QED) is 0.630. The minimum Gasteiger partial charge on any atom is -0.497 e. The fourth-order valence-electron chi connectivity index (χ4n) is 2.25. The molecule has 0 aliphatic rings. The summed E-state index contributed by atoms with van der Waals surface area (Å²) in [5, 5.41) is 11.0. The van der Waals surface area contributed by atoms with E-state index in [0.29, 0.717) is 0 Å². The van der Waals surface area contributed by atoms with Crippen LogP contribution in [0.2, 0.25) is 0 Å². The highest BCUT2D eigenvalue weighted by Gasteiger charge is 2.21. The molecule has 0 radical (unpaired) electrons. The van der Waals surface area contributed by atoms with E-state index in [1.54, 1.807) is 25.5 Å². The lowest BCUT2D eigenvalue weighted by Crippen LogP contribution is -2.43. The topological polar surface area (TPSA) is 45.7 Å². The van der Waals surface area contributed by atoms with Gasteiger partial charge in [0.25, 0.3) is 0 Å². The monoisotopic (exact) mass is 331 g/mol. The Balaban J connectivity index is 1.90. The number of hydrogen-bond acceptors (Lipinski definition) is 3. The molecule has 0 aliphatic carbocycles. The summed E-state index contributed by atoms with van der Waals surface area (Å²) in [6.07, 6.45) is 0. The van der Waals surface area contributed by atoms with E-state index in [1.807, 2.05) is 12.1 Å². The first-order chi connectivity index (χ1) is 11.0. The van der Waals surface area contributed by atoms with Crippen molar-refractivity contribution in [2.24, 2.45) is 4.99 Å². The predicted molar refractivity (Wildman–Crippen MR) is 98.5 cm³/mol. The van der Waals surface area contributed by atoms with E-state index in [-0.39, 0.29) is 5.41 Å². The largest absolute Gasteiger partial charge is 0.497 e. The lowest BCUT2D eigenvalue weighted by molar-refractivity contribution is 0.414. The maximum absolute atomic E-state index is 5.22. The first-order valence-corrected chi connectivity index (χ1v) is 8.59. The minimum absolute atomic E-state index is 0.00767. The van der Waals surface area contributed by atoms with E-state index in [0.717, 1.165) is 24.8 Å². The fourth-order valence-corrected chi connectivity index (χ4v) is 2.92. The third-order valence-corrected chi connectivity index (χ3v) is 4.56. The van der Waals surface area contributed by atoms with E-state index < -0.39 is 0 Å². The number of thiophene rings is 1. The third kappa shape index (κ3) is 4.99. The van der Waals surface area contributed by atoms with Crippen molar-refractivity contribution < 1.29 is 4.74 Å². The van der Waals surface area contributed by atoms with Gasteiger partial charge in [0.05, 0.1) is 7.11 Å². The van der Waals surface area contributed by atoms with Crippen LogP contribution in [0.15, 0.2) is 46.1 Å². The Labute approximate surface area is 142 Å². The molecule has 0 atom stereocenters. The molecule has 2 rings (SSSR count). The van der Waals surface area contributed by atoms with Gasteiger partial charge >= 0.3 is 0 Å². The highest BCUT2D eigenvalue weighted by Crippen LogP contribution is 2.24. The number of aliphatic imine (C=N–C) groups is 1. The lowest BCUT2D eigenvalue weighted by Gasteiger charge is -2.27. The van der Waals surface area contributed by atoms with Gasteiger partial charge in [0, 0.05) is 25.6 Å². The third-order valence-electron chi connectivity index (χ3n) is 3.83. The molecule has 124 valence electrons. The number of methoxy groups -OCH3 is 1. The molecule has 0 spiro atoms. The maximum Gasteiger partial charge on any atom is 0.191 e. The highest BCUT2D eigenvalue weighted by atomic mass is 32.1. The van der Waals surface area contributed by atoms with E-state index in [2.05, 4.69) is 58.4 Å². The average Bonchev–Trinajstić information content (AvgIpc) is 3.08. The van der Waals surface area contributed by atoms with Crippen LogP contribution >= 0.6 is 11.3 Å². The van der Waals surface area contributed by atoms with Crippen molar-refractivity contribution in [1.29, 1.82) is 0 Å². The summed E-state index contributed by atoms with van der Waals surface area (Å²) in [4.78, 5) is 4.29. The van der Waals surface area contributed by atoms with Crippen molar-refractivity contribution >= 4 is 17.3 Å². The van der Waals surface area contributed by atoms with Crippen LogP contribution in [0.4, 0.5) is 0 Å². The van der Waals surface area contributed by atoms with Crippen LogP contribution in [-0.4, -0.2) is 26.7 Å². The molecule has 1 aromatic carbocycles. The molecule has 0 aliphatic heterocycles. The summed E-state index contributed by atoms with van der Waals surface area (Å²) in [7, 11) is 3.48. The van der Waals surface area contributed by atoms with Gasteiger partial charge in [0.2, 0.25) is 0 Å². The van der Waals surface area contributed by atoms with E-state index in [1.165, 1.54) is 11.1 Å². The molecule has 5 heteroatoms. The summed E-state index contributed by atoms with van der Waals surface area (Å²) in [6, 6.07) is 10.3. The van der Waals surface area contributed by atoms with Gasteiger partial charge in [-0.3, -0.25) is 4.99 Å². The van der Waals surface area contributed by atoms with Gasteiger partial charge in [-0.25, -0.2) is 0 Å². The van der Waals surface area contributed by atoms with Gasteiger partial charge in [-0.05, 0) is 40.1 Å². The molecule has 1 aromatic heterocycles. The molecule has 0 unspecified atom stereocenters. The van der Waals surface area contributed by atoms with Crippen LogP contribution in [0.1, 0.15) is 25.0 Å². The van der Waals surface area contributed by atoms with Gasteiger partial charge in [0.15, 0.2) is 5.96 Å². The molecule has 0 saturated heterocycles. The summed E-state index contributed by atoms with van der Waals surface area (Å²) in [5.74, 6) is 1.70. The van der Waals surface area contributed by atoms with Crippen molar-refractivity contribution in [3.8, 4) is 5.75 Å². The summed E-state index contributed by atoms with van der Waals surface area (Å²) >= 11 is 1.71. The zero-order valence-electron chi connectivity index (χ0n) is 14.2. The van der Waals surface area contributed by atoms with Crippen LogP contribution in [0.3, 0.4) is 0 Å². The van der Waals surface area contributed by atoms with Crippen molar-refractivity contribution in [1.82, 2.24) is 10.6 Å². The van der Waals surface area contributed by atoms with Crippen molar-refractivity contribution in [2.45, 2.75) is 25.8 Å². The lowest BCUT2D eigenvalue weighted by atomic mass is 9.84. The zero-order chi connectivity index (χ0) is 16.7. The fraction of sp³-hybridized carbons (Fsp3) is 0.389. The molecule has 23 heavy (non-hydrogen) atoms. The number of ether oxygens (including phenoxy) is 1. The number of hydrogen-bond donors (Lipinski definition) is 2. The van der Waals surface area contributed by atoms with E-state index in [4.69, 9.17) is 4.74 Å². The Hall–Kier alpha value is -2.01. The van der Waals surface area contributed by atoms with E-state index >= 15 is 0 Å². The Morgan fingerprint density at radius 1 is 1.17 bits per heavy atom. The van der Waals surface area contributed by atoms with Crippen LogP contribution in [0.25, 0.3) is 0 Å². The minimum atomic E-state index is -0.00767. The molecule has 2 N–H and O–H groups in total. The zero-order valence-corrected chi connectivity index (χ0v) is 15.0. The Bertz CT molecular complexity index is 618. The van der Waals surface area contributed by atoms with Gasteiger partial charge in [-0.15, -0.1) is 0 Å². The van der Waals surface area contributed by atoms with Gasteiger partial charge in [0.1, 0.15) is 5.75 Å². The molecule has 4 nitrogen and oxygen atoms in total. The van der Waals surface area contributed by atoms with Crippen molar-refractivity contribution in [3.63, 3.8) is 0 Å². The molecule has 0 bridgehead atoms. The second-order valence-electron chi connectivity index (χ2n) is 6.02. The number of benzene rings is 1. The van der Waals surface area contributed by atoms with Gasteiger partial charge < -0.3 is 15.4 Å². The van der Waals surface area contributed by atoms with Gasteiger partial charge in [-0.1, -0.05) is 26.0 Å². The van der Waals surface area contributed by atoms with Crippen LogP contribution < -0.4 is 15.4 Å². The van der Waals surface area contributed by atoms with Crippen molar-refractivity contribution in [3.05, 3.63) is 52.2 Å². The second-order valence-corrected chi connectivity index (χ2v) is 6.80. The second kappa shape index (κ2) is 8.02. The summed E-state index contributed by atoms with van der Waals surface area (Å²) < 4.78 is 5.22. The van der Waals surface area contributed by atoms with Crippen LogP contribution in [-0.2, 0) is 12.0 Å². The molecule has 2 aromatic rings. The molecule has 0 saturated carbocycles. The Morgan fingerprint density at radius 3 is 2.48 bits per heavy atom. The molecule has 0 fully saturated rings. The predicted octanol–water partition coefficient (Wildman–Crippen LogP) is 3.40. The Morgan fingerprint density at radius 2 is 1.91 bits per heavy atom. The van der Waals surface area contributed by atoms with Crippen LogP contribution in [0.5, 0.6) is 5.75 Å². The Kier molecular flexibility index (Phi) is 6.04. The first-order valence-electron chi connectivity index (χ1n) is 7.65. The highest BCUT2D eigenvalue weighted by molar-refractivity contribution is 7.07. The maximum atomic E-state index is 5.22. The first kappa shape index (κ1) is 17.3. The summed E-state index contributed by atoms with van der Waals surface area (Å²) in [5.41, 5.74) is 2.53. The molecular weight excluding hydrogens is 306 g/mol. The SMILES string of the molecule is CN=C(NCc1ccsc1)NCC(C)(C)c1ccc(OC)cc1. The average molecular weight is 331 g/mol. The molecule has 0 amide bonds. The van der Waals surface area contributed by atoms with Gasteiger partial charge in [-0.2, -0.15) is 11.3 Å². The number of nitrogens with zero attached hydrogens (tertiary/aromatic N) is 1. The number of guanidine groups is 1. The van der Waals surface area contributed by atoms with Crippen molar-refractivity contribution in [2.75, 3.05) is 20.7 Å². The normalized spacial score (nSPS) is 12.1. The van der Waals surface area contributed by atoms with E-state index in [9.17, 15) is 0 Å². The summed E-state index contributed by atoms with van der Waals surface area (Å²) in [6.45, 7) is 6.01. The number of nitrogens with one attached hydrogen (secondary N) is 2. The van der Waals surface area contributed by atoms with Crippen LogP contribution in [0, 0.1) is 0 Å². The molecular formula is C18H25N3OS. The standard InChI is InChI=1S/C18H25N3OS/c1-18(2,15-5-7-16(22-4)8-6-15)13-21-17(19-3)20-11-14-9-10-23-12-14/h5-10,12H,11,13H2,1-4H3,(H2,19,20,21).